The number of fused-ring (bicyclic) bond motifs is 5. The first-order valence-electron chi connectivity index (χ1n) is 9.71. The van der Waals surface area contributed by atoms with Crippen LogP contribution < -0.4 is 5.73 Å². The van der Waals surface area contributed by atoms with Gasteiger partial charge in [0.25, 0.3) is 0 Å². The highest BCUT2D eigenvalue weighted by atomic mass is 16.3. The van der Waals surface area contributed by atoms with E-state index in [0.717, 1.165) is 38.1 Å². The summed E-state index contributed by atoms with van der Waals surface area (Å²) in [6.45, 7) is 5.19. The fourth-order valence-electron chi connectivity index (χ4n) is 5.54. The van der Waals surface area contributed by atoms with E-state index in [4.69, 9.17) is 5.73 Å². The molecule has 0 aliphatic heterocycles. The van der Waals surface area contributed by atoms with Crippen LogP contribution in [-0.2, 0) is 6.42 Å². The van der Waals surface area contributed by atoms with Crippen LogP contribution in [0.1, 0.15) is 69.4 Å². The van der Waals surface area contributed by atoms with Crippen LogP contribution >= 0.6 is 0 Å². The summed E-state index contributed by atoms with van der Waals surface area (Å²) in [5.41, 5.74) is 8.02. The van der Waals surface area contributed by atoms with Crippen LogP contribution in [0.5, 0.6) is 5.75 Å². The van der Waals surface area contributed by atoms with E-state index in [1.54, 1.807) is 0 Å². The number of phenols is 1. The van der Waals surface area contributed by atoms with Gasteiger partial charge in [0, 0.05) is 0 Å². The molecule has 24 heavy (non-hydrogen) atoms. The molecule has 3 heteroatoms. The van der Waals surface area contributed by atoms with Gasteiger partial charge in [-0.3, -0.25) is 0 Å². The summed E-state index contributed by atoms with van der Waals surface area (Å²) in [6.07, 6.45) is 7.88. The largest absolute Gasteiger partial charge is 0.508 e. The molecule has 5 unspecified atom stereocenters. The minimum atomic E-state index is -0.0883. The van der Waals surface area contributed by atoms with Crippen molar-refractivity contribution in [1.82, 2.24) is 0 Å². The van der Waals surface area contributed by atoms with Gasteiger partial charge in [-0.25, -0.2) is 0 Å². The van der Waals surface area contributed by atoms with Gasteiger partial charge in [0.15, 0.2) is 0 Å². The fraction of sp³-hybridized carbons (Fsp3) is 0.714. The first-order chi connectivity index (χ1) is 11.5. The van der Waals surface area contributed by atoms with Gasteiger partial charge in [-0.1, -0.05) is 19.9 Å². The normalized spacial score (nSPS) is 36.8. The minimum Gasteiger partial charge on any atom is -0.508 e. The van der Waals surface area contributed by atoms with Crippen molar-refractivity contribution in [2.75, 3.05) is 6.54 Å². The zero-order valence-electron chi connectivity index (χ0n) is 15.2. The molecule has 0 radical (unpaired) electrons. The Morgan fingerprint density at radius 3 is 2.67 bits per heavy atom. The SMILES string of the molecule is CC12CCC3c4ccc(O)cc4CCC3C1CCC2O.CCCN. The van der Waals surface area contributed by atoms with Crippen molar-refractivity contribution < 1.29 is 10.2 Å². The van der Waals surface area contributed by atoms with Gasteiger partial charge in [-0.2, -0.15) is 0 Å². The van der Waals surface area contributed by atoms with Crippen LogP contribution in [-0.4, -0.2) is 22.9 Å². The molecule has 3 aliphatic rings. The van der Waals surface area contributed by atoms with Crippen LogP contribution in [0.15, 0.2) is 18.2 Å². The van der Waals surface area contributed by atoms with Crippen LogP contribution in [0.4, 0.5) is 0 Å². The highest BCUT2D eigenvalue weighted by Gasteiger charge is 2.54. The number of nitrogens with two attached hydrogens (primary N) is 1. The highest BCUT2D eigenvalue weighted by molar-refractivity contribution is 5.40. The Kier molecular flexibility index (Phi) is 5.22. The molecule has 5 atom stereocenters. The number of hydrogen-bond acceptors (Lipinski definition) is 3. The fourth-order valence-corrected chi connectivity index (χ4v) is 5.54. The number of phenolic OH excluding ortho intramolecular Hbond substituents is 1. The summed E-state index contributed by atoms with van der Waals surface area (Å²) in [5.74, 6) is 2.49. The first-order valence-corrected chi connectivity index (χ1v) is 9.71. The van der Waals surface area contributed by atoms with Crippen LogP contribution in [0.2, 0.25) is 0 Å². The molecule has 4 rings (SSSR count). The standard InChI is InChI=1S/C18H24O2.C3H9N/c1-18-9-8-14-13-5-3-12(19)10-11(13)2-4-15(14)16(18)6-7-17(18)20;1-2-3-4/h3,5,10,14-17,19-20H,2,4,6-9H2,1H3;2-4H2,1H3. The topological polar surface area (TPSA) is 66.5 Å². The van der Waals surface area contributed by atoms with Crippen molar-refractivity contribution in [1.29, 1.82) is 0 Å². The van der Waals surface area contributed by atoms with Gasteiger partial charge in [0.1, 0.15) is 5.75 Å². The number of rotatable bonds is 1. The number of aromatic hydroxyl groups is 1. The van der Waals surface area contributed by atoms with E-state index in [2.05, 4.69) is 19.9 Å². The predicted octanol–water partition coefficient (Wildman–Crippen LogP) is 3.96. The van der Waals surface area contributed by atoms with Crippen molar-refractivity contribution in [2.45, 2.75) is 70.8 Å². The third kappa shape index (κ3) is 2.97. The van der Waals surface area contributed by atoms with Gasteiger partial charge in [0.05, 0.1) is 6.10 Å². The van der Waals surface area contributed by atoms with Crippen LogP contribution in [0.3, 0.4) is 0 Å². The Labute approximate surface area is 146 Å². The number of aryl methyl sites for hydroxylation is 1. The maximum atomic E-state index is 10.4. The third-order valence-corrected chi connectivity index (χ3v) is 6.95. The molecular formula is C21H33NO2. The number of hydrogen-bond donors (Lipinski definition) is 3. The molecule has 0 bridgehead atoms. The summed E-state index contributed by atoms with van der Waals surface area (Å²) in [6, 6.07) is 5.96. The smallest absolute Gasteiger partial charge is 0.115 e. The summed E-state index contributed by atoms with van der Waals surface area (Å²) in [4.78, 5) is 0. The predicted molar refractivity (Wildman–Crippen MR) is 98.1 cm³/mol. The molecule has 1 aromatic rings. The van der Waals surface area contributed by atoms with Gasteiger partial charge in [-0.15, -0.1) is 0 Å². The average molecular weight is 332 g/mol. The summed E-state index contributed by atoms with van der Waals surface area (Å²) in [7, 11) is 0. The van der Waals surface area contributed by atoms with E-state index >= 15 is 0 Å². The Morgan fingerprint density at radius 1 is 1.21 bits per heavy atom. The van der Waals surface area contributed by atoms with Gasteiger partial charge < -0.3 is 15.9 Å². The molecule has 0 saturated heterocycles. The van der Waals surface area contributed by atoms with Crippen LogP contribution in [0, 0.1) is 17.3 Å². The van der Waals surface area contributed by atoms with Crippen molar-refractivity contribution >= 4 is 0 Å². The lowest BCUT2D eigenvalue weighted by Gasteiger charge is -2.50. The van der Waals surface area contributed by atoms with E-state index in [0.29, 0.717) is 17.6 Å². The van der Waals surface area contributed by atoms with E-state index in [-0.39, 0.29) is 11.5 Å². The molecule has 4 N–H and O–H groups in total. The monoisotopic (exact) mass is 331 g/mol. The molecule has 2 saturated carbocycles. The number of benzene rings is 1. The van der Waals surface area contributed by atoms with Gasteiger partial charge in [0.2, 0.25) is 0 Å². The molecule has 1 aromatic carbocycles. The van der Waals surface area contributed by atoms with Gasteiger partial charge >= 0.3 is 0 Å². The van der Waals surface area contributed by atoms with E-state index in [1.165, 1.54) is 30.4 Å². The second-order valence-electron chi connectivity index (χ2n) is 8.22. The molecular weight excluding hydrogens is 298 g/mol. The van der Waals surface area contributed by atoms with Gasteiger partial charge in [-0.05, 0) is 97.9 Å². The Morgan fingerprint density at radius 2 is 1.96 bits per heavy atom. The molecule has 0 amide bonds. The lowest BCUT2D eigenvalue weighted by molar-refractivity contribution is -0.0226. The summed E-state index contributed by atoms with van der Waals surface area (Å²) in [5, 5.41) is 20.0. The summed E-state index contributed by atoms with van der Waals surface area (Å²) < 4.78 is 0. The molecule has 0 heterocycles. The lowest BCUT2D eigenvalue weighted by atomic mass is 9.55. The maximum Gasteiger partial charge on any atom is 0.115 e. The summed E-state index contributed by atoms with van der Waals surface area (Å²) >= 11 is 0. The van der Waals surface area contributed by atoms with E-state index in [9.17, 15) is 10.2 Å². The Bertz CT molecular complexity index is 571. The molecule has 3 aliphatic carbocycles. The number of aliphatic hydroxyl groups excluding tert-OH is 1. The first kappa shape index (κ1) is 17.8. The average Bonchev–Trinajstić information content (AvgIpc) is 2.90. The minimum absolute atomic E-state index is 0.0883. The van der Waals surface area contributed by atoms with Crippen LogP contribution in [0.25, 0.3) is 0 Å². The quantitative estimate of drug-likeness (QED) is 0.729. The molecule has 0 aromatic heterocycles. The Hall–Kier alpha value is -1.06. The highest BCUT2D eigenvalue weighted by Crippen LogP contribution is 2.60. The van der Waals surface area contributed by atoms with Crippen molar-refractivity contribution in [3.63, 3.8) is 0 Å². The molecule has 0 spiro atoms. The Balaban J connectivity index is 0.000000383. The maximum absolute atomic E-state index is 10.4. The second kappa shape index (κ2) is 7.05. The van der Waals surface area contributed by atoms with Crippen molar-refractivity contribution in [3.8, 4) is 5.75 Å². The molecule has 3 nitrogen and oxygen atoms in total. The van der Waals surface area contributed by atoms with Crippen molar-refractivity contribution in [3.05, 3.63) is 29.3 Å². The third-order valence-electron chi connectivity index (χ3n) is 6.95. The zero-order chi connectivity index (χ0) is 17.3. The lowest BCUT2D eigenvalue weighted by Crippen LogP contribution is -2.43. The molecule has 134 valence electrons. The van der Waals surface area contributed by atoms with Crippen molar-refractivity contribution in [2.24, 2.45) is 23.0 Å². The zero-order valence-corrected chi connectivity index (χ0v) is 15.2. The second-order valence-corrected chi connectivity index (χ2v) is 8.22. The van der Waals surface area contributed by atoms with E-state index in [1.807, 2.05) is 12.1 Å². The molecule has 2 fully saturated rings. The number of aliphatic hydroxyl groups is 1. The van der Waals surface area contributed by atoms with E-state index < -0.39 is 0 Å².